The highest BCUT2D eigenvalue weighted by atomic mass is 127. The number of Topliss-reactive ketones (excluding diaryl/α,β-unsaturated/α-hetero) is 1. The van der Waals surface area contributed by atoms with Crippen LogP contribution >= 0.6 is 11.8 Å². The maximum absolute atomic E-state index is 13.6. The number of aliphatic hydroxyl groups is 1. The molecule has 0 aromatic carbocycles. The molecule has 3 aliphatic rings. The number of ketones is 1. The highest BCUT2D eigenvalue weighted by Gasteiger charge is 2.68. The molecule has 7 nitrogen and oxygen atoms in total. The van der Waals surface area contributed by atoms with Crippen molar-refractivity contribution >= 4 is 29.5 Å². The van der Waals surface area contributed by atoms with Gasteiger partial charge in [0.2, 0.25) is 0 Å². The smallest absolute Gasteiger partial charge is 0.316 e. The molecule has 3 fully saturated rings. The Balaban J connectivity index is 0.00000506. The molecular formula is C34H50INO6S. The summed E-state index contributed by atoms with van der Waals surface area (Å²) < 4.78 is 8.46. The number of esters is 1. The topological polar surface area (TPSA) is 105 Å². The number of nitrogens with zero attached hydrogens (tertiary/aromatic N) is 1. The van der Waals surface area contributed by atoms with E-state index in [-0.39, 0.29) is 71.1 Å². The summed E-state index contributed by atoms with van der Waals surface area (Å²) in [6.07, 6.45) is 12.2. The number of pyridine rings is 1. The molecule has 0 unspecified atom stereocenters. The average molecular weight is 728 g/mol. The number of aromatic nitrogens is 1. The molecule has 0 radical (unpaired) electrons. The number of thioether (sulfide) groups is 1. The first-order valence-corrected chi connectivity index (χ1v) is 16.7. The summed E-state index contributed by atoms with van der Waals surface area (Å²) in [5.41, 5.74) is -1.42. The summed E-state index contributed by atoms with van der Waals surface area (Å²) in [6, 6.07) is 4.00. The molecule has 3 aliphatic carbocycles. The molecule has 0 spiro atoms. The van der Waals surface area contributed by atoms with E-state index in [9.17, 15) is 19.5 Å². The van der Waals surface area contributed by atoms with Gasteiger partial charge in [-0.05, 0) is 55.8 Å². The lowest BCUT2D eigenvalue weighted by Gasteiger charge is -2.61. The van der Waals surface area contributed by atoms with Crippen LogP contribution in [0, 0.1) is 34.0 Å². The lowest BCUT2D eigenvalue weighted by molar-refractivity contribution is -0.697. The van der Waals surface area contributed by atoms with Crippen molar-refractivity contribution in [3.05, 3.63) is 37.2 Å². The number of aliphatic hydroxyl groups excluding tert-OH is 1. The van der Waals surface area contributed by atoms with E-state index in [1.807, 2.05) is 37.5 Å². The summed E-state index contributed by atoms with van der Waals surface area (Å²) >= 11 is 1.44. The third kappa shape index (κ3) is 7.35. The highest BCUT2D eigenvalue weighted by molar-refractivity contribution is 8.00. The van der Waals surface area contributed by atoms with E-state index in [0.717, 1.165) is 56.4 Å². The Morgan fingerprint density at radius 3 is 2.47 bits per heavy atom. The van der Waals surface area contributed by atoms with Crippen LogP contribution in [0.15, 0.2) is 42.1 Å². The molecule has 3 saturated carbocycles. The van der Waals surface area contributed by atoms with Gasteiger partial charge in [-0.1, -0.05) is 40.2 Å². The van der Waals surface area contributed by atoms with Crippen LogP contribution in [-0.4, -0.2) is 45.9 Å². The van der Waals surface area contributed by atoms with Crippen molar-refractivity contribution < 1.29 is 57.9 Å². The summed E-state index contributed by atoms with van der Waals surface area (Å²) in [7, 11) is 0. The molecule has 2 bridgehead atoms. The number of hydrogen-bond acceptors (Lipinski definition) is 6. The highest BCUT2D eigenvalue weighted by Crippen LogP contribution is 2.68. The van der Waals surface area contributed by atoms with Crippen molar-refractivity contribution in [1.82, 2.24) is 0 Å². The molecular weight excluding hydrogens is 677 g/mol. The predicted molar refractivity (Wildman–Crippen MR) is 163 cm³/mol. The van der Waals surface area contributed by atoms with Gasteiger partial charge in [0.15, 0.2) is 12.4 Å². The van der Waals surface area contributed by atoms with Gasteiger partial charge in [0.05, 0.1) is 11.9 Å². The first kappa shape index (κ1) is 36.0. The summed E-state index contributed by atoms with van der Waals surface area (Å²) in [5, 5.41) is 20.4. The van der Waals surface area contributed by atoms with Crippen LogP contribution in [0.5, 0.6) is 0 Å². The number of carboxylic acid groups (broad SMARTS) is 1. The Hall–Kier alpha value is -1.46. The second-order valence-corrected chi connectivity index (χ2v) is 14.7. The molecule has 1 aromatic rings. The van der Waals surface area contributed by atoms with E-state index < -0.39 is 29.0 Å². The van der Waals surface area contributed by atoms with Crippen LogP contribution in [0.2, 0.25) is 0 Å². The summed E-state index contributed by atoms with van der Waals surface area (Å²) in [6.45, 7) is 13.5. The molecule has 2 N–H and O–H groups in total. The molecule has 1 heterocycles. The minimum absolute atomic E-state index is 0. The summed E-state index contributed by atoms with van der Waals surface area (Å²) in [4.78, 5) is 38.5. The van der Waals surface area contributed by atoms with Crippen LogP contribution in [0.25, 0.3) is 0 Å². The second-order valence-electron chi connectivity index (χ2n) is 13.7. The zero-order valence-electron chi connectivity index (χ0n) is 26.2. The van der Waals surface area contributed by atoms with E-state index in [1.54, 1.807) is 0 Å². The quantitative estimate of drug-likeness (QED) is 0.0853. The van der Waals surface area contributed by atoms with Gasteiger partial charge in [0, 0.05) is 53.0 Å². The Morgan fingerprint density at radius 2 is 1.81 bits per heavy atom. The fourth-order valence-electron chi connectivity index (χ4n) is 8.45. The molecule has 1 aromatic heterocycles. The number of rotatable bonds is 12. The standard InChI is InChI=1S/C34H49NO6S.HI/c1-6-32(4)21-27(33(5)23(2)12-16-34(24(3)31(32)40)17-13-26(36)30(33)34)41-29(39)22-42-25-14-19-35(20-15-25)18-10-8-7-9-11-28(37)38;/h6,14-15,19-20,23-24,27,30-31,40H,1,7-13,16-18,21-22H2,2-5H3;1H/t23-,24+,27-,30+,31+,32-,33+,34+;/m1./s1. The lowest BCUT2D eigenvalue weighted by Crippen LogP contribution is -3.00. The van der Waals surface area contributed by atoms with Crippen LogP contribution in [0.3, 0.4) is 0 Å². The van der Waals surface area contributed by atoms with E-state index in [0.29, 0.717) is 12.8 Å². The lowest BCUT2D eigenvalue weighted by atomic mass is 9.44. The molecule has 9 heteroatoms. The van der Waals surface area contributed by atoms with Gasteiger partial charge < -0.3 is 38.9 Å². The first-order chi connectivity index (χ1) is 19.9. The average Bonchev–Trinajstić information content (AvgIpc) is 3.32. The third-order valence-electron chi connectivity index (χ3n) is 11.3. The van der Waals surface area contributed by atoms with Crippen LogP contribution in [-0.2, 0) is 25.7 Å². The number of ether oxygens (including phenoxy) is 1. The van der Waals surface area contributed by atoms with Crippen molar-refractivity contribution in [2.75, 3.05) is 5.75 Å². The van der Waals surface area contributed by atoms with E-state index in [1.165, 1.54) is 11.8 Å². The van der Waals surface area contributed by atoms with Gasteiger partial charge in [0.25, 0.3) is 0 Å². The van der Waals surface area contributed by atoms with Crippen LogP contribution in [0.1, 0.15) is 91.9 Å². The number of hydrogen-bond donors (Lipinski definition) is 2. The largest absolute Gasteiger partial charge is 1.00 e. The van der Waals surface area contributed by atoms with Crippen molar-refractivity contribution in [3.8, 4) is 0 Å². The maximum Gasteiger partial charge on any atom is 0.316 e. The number of halogens is 1. The fraction of sp³-hybridized carbons (Fsp3) is 0.706. The maximum atomic E-state index is 13.6. The first-order valence-electron chi connectivity index (χ1n) is 15.7. The monoisotopic (exact) mass is 727 g/mol. The van der Waals surface area contributed by atoms with Gasteiger partial charge in [-0.25, -0.2) is 4.57 Å². The molecule has 0 saturated heterocycles. The minimum atomic E-state index is -0.738. The zero-order valence-corrected chi connectivity index (χ0v) is 29.2. The normalized spacial score (nSPS) is 35.2. The van der Waals surface area contributed by atoms with Gasteiger partial charge in [-0.15, -0.1) is 18.3 Å². The molecule has 0 amide bonds. The van der Waals surface area contributed by atoms with Crippen molar-refractivity contribution in [1.29, 1.82) is 0 Å². The number of carbonyl (C=O) groups is 3. The van der Waals surface area contributed by atoms with Crippen molar-refractivity contribution in [2.24, 2.45) is 34.0 Å². The molecule has 8 atom stereocenters. The molecule has 4 rings (SSSR count). The number of aryl methyl sites for hydroxylation is 1. The van der Waals surface area contributed by atoms with E-state index in [2.05, 4.69) is 31.9 Å². The summed E-state index contributed by atoms with van der Waals surface area (Å²) in [5.74, 6) is -0.665. The van der Waals surface area contributed by atoms with Gasteiger partial charge in [-0.3, -0.25) is 14.4 Å². The molecule has 0 aliphatic heterocycles. The SMILES string of the molecule is C=C[C@]1(C)C[C@@H](OC(=O)CSc2cc[n+](CCCCCCC(=O)O)cc2)[C@]2(C)[C@H](C)CC[C@]3(CCC(=O)[C@H]32)[C@@H](C)[C@@H]1O.[I-]. The van der Waals surface area contributed by atoms with Crippen LogP contribution < -0.4 is 28.5 Å². The van der Waals surface area contributed by atoms with E-state index >= 15 is 0 Å². The number of carboxylic acids is 1. The fourth-order valence-corrected chi connectivity index (χ4v) is 9.12. The van der Waals surface area contributed by atoms with Gasteiger partial charge in [0.1, 0.15) is 18.4 Å². The van der Waals surface area contributed by atoms with Gasteiger partial charge >= 0.3 is 11.9 Å². The number of aliphatic carboxylic acids is 1. The molecule has 240 valence electrons. The number of carbonyl (C=O) groups excluding carboxylic acids is 2. The van der Waals surface area contributed by atoms with Crippen molar-refractivity contribution in [2.45, 2.75) is 116 Å². The van der Waals surface area contributed by atoms with Crippen molar-refractivity contribution in [3.63, 3.8) is 0 Å². The molecule has 43 heavy (non-hydrogen) atoms. The zero-order chi connectivity index (χ0) is 30.7. The Labute approximate surface area is 278 Å². The second kappa shape index (κ2) is 14.8. The van der Waals surface area contributed by atoms with E-state index in [4.69, 9.17) is 9.84 Å². The Morgan fingerprint density at radius 1 is 1.14 bits per heavy atom. The van der Waals surface area contributed by atoms with Crippen LogP contribution in [0.4, 0.5) is 0 Å². The van der Waals surface area contributed by atoms with Gasteiger partial charge in [-0.2, -0.15) is 0 Å². The third-order valence-corrected chi connectivity index (χ3v) is 12.3. The predicted octanol–water partition coefficient (Wildman–Crippen LogP) is 3.01. The Kier molecular flexibility index (Phi) is 12.4. The minimum Gasteiger partial charge on any atom is -1.00 e. The number of unbranched alkanes of at least 4 members (excludes halogenated alkanes) is 3. The Bertz CT molecular complexity index is 1160.